The van der Waals surface area contributed by atoms with E-state index in [0.717, 1.165) is 25.7 Å². The zero-order chi connectivity index (χ0) is 18.1. The third-order valence-corrected chi connectivity index (χ3v) is 9.19. The van der Waals surface area contributed by atoms with E-state index in [-0.39, 0.29) is 22.2 Å². The normalized spacial score (nSPS) is 53.2. The standard InChI is InChI=1S/C20H34N4O/c1-17-9-5-14-18(2)7-4-8-19(3,16(25)24-22)13(18)6-10-20(14,12-17)11-15(17)23-21/h13-14H,4-12,21-22H2,1-3H3,(H,24,25)/b23-15-/t13-,14-,17-,18+,19+,20-/m0/s1. The molecule has 5 N–H and O–H groups in total. The summed E-state index contributed by atoms with van der Waals surface area (Å²) in [4.78, 5) is 12.7. The maximum Gasteiger partial charge on any atom is 0.240 e. The van der Waals surface area contributed by atoms with Crippen molar-refractivity contribution in [2.45, 2.75) is 78.6 Å². The number of nitrogens with two attached hydrogens (primary N) is 2. The minimum atomic E-state index is -0.326. The van der Waals surface area contributed by atoms with Gasteiger partial charge in [-0.1, -0.05) is 27.2 Å². The fourth-order valence-electron chi connectivity index (χ4n) is 8.16. The van der Waals surface area contributed by atoms with E-state index in [9.17, 15) is 4.79 Å². The van der Waals surface area contributed by atoms with E-state index in [0.29, 0.717) is 17.3 Å². The lowest BCUT2D eigenvalue weighted by molar-refractivity contribution is -0.170. The third kappa shape index (κ3) is 2.05. The number of hydrogen-bond donors (Lipinski definition) is 3. The summed E-state index contributed by atoms with van der Waals surface area (Å²) >= 11 is 0. The molecule has 1 spiro atoms. The highest BCUT2D eigenvalue weighted by Gasteiger charge is 2.67. The Morgan fingerprint density at radius 1 is 1.12 bits per heavy atom. The second-order valence-electron chi connectivity index (χ2n) is 10.3. The molecule has 4 saturated carbocycles. The van der Waals surface area contributed by atoms with E-state index in [1.165, 1.54) is 37.8 Å². The molecular formula is C20H34N4O. The molecule has 5 nitrogen and oxygen atoms in total. The van der Waals surface area contributed by atoms with Crippen molar-refractivity contribution in [3.8, 4) is 0 Å². The predicted octanol–water partition coefficient (Wildman–Crippen LogP) is 3.09. The van der Waals surface area contributed by atoms with E-state index in [1.54, 1.807) is 0 Å². The smallest absolute Gasteiger partial charge is 0.240 e. The van der Waals surface area contributed by atoms with Gasteiger partial charge < -0.3 is 5.84 Å². The predicted molar refractivity (Wildman–Crippen MR) is 99.2 cm³/mol. The third-order valence-electron chi connectivity index (χ3n) is 9.19. The molecule has 0 unspecified atom stereocenters. The number of nitrogens with one attached hydrogen (secondary N) is 1. The van der Waals surface area contributed by atoms with Crippen molar-refractivity contribution in [3.05, 3.63) is 0 Å². The van der Waals surface area contributed by atoms with E-state index in [4.69, 9.17) is 11.7 Å². The van der Waals surface area contributed by atoms with E-state index < -0.39 is 0 Å². The first-order valence-electron chi connectivity index (χ1n) is 10.0. The summed E-state index contributed by atoms with van der Waals surface area (Å²) in [5, 5.41) is 4.22. The molecule has 5 heteroatoms. The molecule has 4 fully saturated rings. The molecule has 25 heavy (non-hydrogen) atoms. The lowest BCUT2D eigenvalue weighted by Crippen LogP contribution is -2.60. The van der Waals surface area contributed by atoms with Gasteiger partial charge in [-0.15, -0.1) is 0 Å². The van der Waals surface area contributed by atoms with Gasteiger partial charge in [0.25, 0.3) is 0 Å². The lowest BCUT2D eigenvalue weighted by atomic mass is 9.40. The Balaban J connectivity index is 1.74. The zero-order valence-corrected chi connectivity index (χ0v) is 16.0. The van der Waals surface area contributed by atoms with Crippen molar-refractivity contribution in [3.63, 3.8) is 0 Å². The Labute approximate surface area is 151 Å². The van der Waals surface area contributed by atoms with Gasteiger partial charge in [-0.25, -0.2) is 5.84 Å². The second-order valence-corrected chi connectivity index (χ2v) is 10.3. The zero-order valence-electron chi connectivity index (χ0n) is 16.0. The van der Waals surface area contributed by atoms with Crippen molar-refractivity contribution in [1.29, 1.82) is 0 Å². The van der Waals surface area contributed by atoms with Gasteiger partial charge in [-0.05, 0) is 74.0 Å². The molecule has 140 valence electrons. The number of carbonyl (C=O) groups is 1. The molecule has 0 aromatic heterocycles. The molecule has 2 bridgehead atoms. The molecular weight excluding hydrogens is 312 g/mol. The molecule has 1 amide bonds. The molecule has 0 aliphatic heterocycles. The van der Waals surface area contributed by atoms with Crippen LogP contribution in [0.5, 0.6) is 0 Å². The number of nitrogens with zero attached hydrogens (tertiary/aromatic N) is 1. The monoisotopic (exact) mass is 346 g/mol. The van der Waals surface area contributed by atoms with Gasteiger partial charge >= 0.3 is 0 Å². The first-order valence-corrected chi connectivity index (χ1v) is 10.0. The van der Waals surface area contributed by atoms with Crippen LogP contribution < -0.4 is 17.1 Å². The Kier molecular flexibility index (Phi) is 3.61. The SMILES string of the molecule is C[C@@]12CC[C@@H]3[C@@](CC[C@H]4[C@@]3(C)CCC[C@@]4(C)C(=O)NN)(C/C1=N/N)C2. The highest BCUT2D eigenvalue weighted by atomic mass is 16.2. The highest BCUT2D eigenvalue weighted by Crippen LogP contribution is 2.73. The number of rotatable bonds is 1. The Morgan fingerprint density at radius 2 is 1.84 bits per heavy atom. The number of amides is 1. The number of hydrazine groups is 1. The maximum absolute atomic E-state index is 12.7. The topological polar surface area (TPSA) is 93.5 Å². The van der Waals surface area contributed by atoms with Crippen LogP contribution in [0.15, 0.2) is 5.10 Å². The fourth-order valence-corrected chi connectivity index (χ4v) is 8.16. The van der Waals surface area contributed by atoms with Crippen LogP contribution in [0.4, 0.5) is 0 Å². The summed E-state index contributed by atoms with van der Waals surface area (Å²) in [5.41, 5.74) is 4.19. The van der Waals surface area contributed by atoms with Crippen LogP contribution in [0.3, 0.4) is 0 Å². The summed E-state index contributed by atoms with van der Waals surface area (Å²) in [6.45, 7) is 7.00. The van der Waals surface area contributed by atoms with E-state index in [1.807, 2.05) is 0 Å². The highest BCUT2D eigenvalue weighted by molar-refractivity contribution is 5.93. The maximum atomic E-state index is 12.7. The number of hydrogen-bond acceptors (Lipinski definition) is 4. The molecule has 0 radical (unpaired) electrons. The molecule has 4 rings (SSSR count). The molecule has 0 aromatic carbocycles. The van der Waals surface area contributed by atoms with Crippen LogP contribution in [-0.2, 0) is 4.79 Å². The summed E-state index contributed by atoms with van der Waals surface area (Å²) in [6.07, 6.45) is 10.4. The summed E-state index contributed by atoms with van der Waals surface area (Å²) in [6, 6.07) is 0. The van der Waals surface area contributed by atoms with Gasteiger partial charge in [0.05, 0.1) is 5.41 Å². The second kappa shape index (κ2) is 5.21. The fraction of sp³-hybridized carbons (Fsp3) is 0.900. The van der Waals surface area contributed by atoms with Crippen molar-refractivity contribution >= 4 is 11.6 Å². The Bertz CT molecular complexity index is 633. The Hall–Kier alpha value is -1.10. The lowest BCUT2D eigenvalue weighted by Gasteiger charge is -2.64. The van der Waals surface area contributed by atoms with E-state index in [2.05, 4.69) is 31.3 Å². The van der Waals surface area contributed by atoms with Crippen LogP contribution in [0.1, 0.15) is 78.6 Å². The summed E-state index contributed by atoms with van der Waals surface area (Å²) in [7, 11) is 0. The van der Waals surface area contributed by atoms with Crippen LogP contribution in [0.25, 0.3) is 0 Å². The average Bonchev–Trinajstić information content (AvgIpc) is 2.78. The van der Waals surface area contributed by atoms with Gasteiger partial charge in [0.15, 0.2) is 0 Å². The Morgan fingerprint density at radius 3 is 2.52 bits per heavy atom. The molecule has 0 aromatic rings. The number of fused-ring (bicyclic) bond motifs is 3. The molecule has 6 atom stereocenters. The molecule has 4 aliphatic rings. The van der Waals surface area contributed by atoms with Gasteiger partial charge in [0, 0.05) is 11.1 Å². The minimum Gasteiger partial charge on any atom is -0.323 e. The van der Waals surface area contributed by atoms with Crippen molar-refractivity contribution in [2.75, 3.05) is 0 Å². The number of carbonyl (C=O) groups excluding carboxylic acids is 1. The summed E-state index contributed by atoms with van der Waals surface area (Å²) < 4.78 is 0. The quantitative estimate of drug-likeness (QED) is 0.387. The van der Waals surface area contributed by atoms with Crippen molar-refractivity contribution < 1.29 is 4.79 Å². The average molecular weight is 347 g/mol. The first-order chi connectivity index (χ1) is 11.7. The van der Waals surface area contributed by atoms with Crippen LogP contribution in [-0.4, -0.2) is 11.6 Å². The minimum absolute atomic E-state index is 0.0376. The molecule has 4 aliphatic carbocycles. The van der Waals surface area contributed by atoms with E-state index >= 15 is 0 Å². The van der Waals surface area contributed by atoms with Crippen LogP contribution >= 0.6 is 0 Å². The molecule has 0 saturated heterocycles. The van der Waals surface area contributed by atoms with Gasteiger partial charge in [-0.3, -0.25) is 10.2 Å². The van der Waals surface area contributed by atoms with Crippen molar-refractivity contribution in [1.82, 2.24) is 5.43 Å². The van der Waals surface area contributed by atoms with Crippen LogP contribution in [0.2, 0.25) is 0 Å². The molecule has 0 heterocycles. The van der Waals surface area contributed by atoms with Gasteiger partial charge in [0.2, 0.25) is 5.91 Å². The van der Waals surface area contributed by atoms with Crippen LogP contribution in [0, 0.1) is 33.5 Å². The summed E-state index contributed by atoms with van der Waals surface area (Å²) in [5.74, 6) is 12.5. The largest absolute Gasteiger partial charge is 0.323 e. The van der Waals surface area contributed by atoms with Gasteiger partial charge in [-0.2, -0.15) is 5.10 Å². The number of hydrazone groups is 1. The first kappa shape index (κ1) is 17.3. The van der Waals surface area contributed by atoms with Crippen molar-refractivity contribution in [2.24, 2.45) is 50.3 Å². The van der Waals surface area contributed by atoms with Gasteiger partial charge in [0.1, 0.15) is 0 Å².